The van der Waals surface area contributed by atoms with E-state index in [9.17, 15) is 9.18 Å². The summed E-state index contributed by atoms with van der Waals surface area (Å²) >= 11 is 0. The molecule has 1 fully saturated rings. The molecule has 2 rings (SSSR count). The number of aliphatic carboxylic acids is 1. The monoisotopic (exact) mass is 282 g/mol. The molecule has 1 aliphatic rings. The summed E-state index contributed by atoms with van der Waals surface area (Å²) in [6.07, 6.45) is 0.897. The largest absolute Gasteiger partial charge is 0.505 e. The summed E-state index contributed by atoms with van der Waals surface area (Å²) in [7, 11) is 0. The lowest BCUT2D eigenvalue weighted by Gasteiger charge is -2.20. The third-order valence-corrected chi connectivity index (χ3v) is 3.46. The van der Waals surface area contributed by atoms with Crippen molar-refractivity contribution in [2.75, 3.05) is 32.7 Å². The smallest absolute Gasteiger partial charge is 0.317 e. The minimum atomic E-state index is -0.806. The zero-order valence-electron chi connectivity index (χ0n) is 11.3. The maximum Gasteiger partial charge on any atom is 0.317 e. The number of halogens is 1. The second kappa shape index (κ2) is 6.67. The van der Waals surface area contributed by atoms with Crippen molar-refractivity contribution >= 4 is 5.97 Å². The molecule has 0 spiro atoms. The van der Waals surface area contributed by atoms with E-state index in [-0.39, 0.29) is 12.3 Å². The van der Waals surface area contributed by atoms with Crippen LogP contribution >= 0.6 is 0 Å². The van der Waals surface area contributed by atoms with Crippen molar-refractivity contribution in [1.29, 1.82) is 0 Å². The Kier molecular flexibility index (Phi) is 4.92. The van der Waals surface area contributed by atoms with Crippen LogP contribution in [0.25, 0.3) is 0 Å². The van der Waals surface area contributed by atoms with Crippen LogP contribution in [0.2, 0.25) is 0 Å². The van der Waals surface area contributed by atoms with Gasteiger partial charge in [-0.3, -0.25) is 14.6 Å². The average Bonchev–Trinajstić information content (AvgIpc) is 2.59. The Hall–Kier alpha value is -1.66. The van der Waals surface area contributed by atoms with E-state index in [2.05, 4.69) is 4.90 Å². The van der Waals surface area contributed by atoms with Gasteiger partial charge in [-0.15, -0.1) is 0 Å². The number of benzene rings is 1. The van der Waals surface area contributed by atoms with E-state index in [1.807, 2.05) is 4.90 Å². The van der Waals surface area contributed by atoms with Gasteiger partial charge in [0.2, 0.25) is 0 Å². The molecule has 0 saturated carbocycles. The standard InChI is InChI=1S/C14H19FN2O3/c15-12-8-11(2-3-13(12)18)9-16-4-1-5-17(7-6-16)10-14(19)20/h2-3,8,18H,1,4-7,9-10H2,(H,19,20). The summed E-state index contributed by atoms with van der Waals surface area (Å²) in [5.41, 5.74) is 0.812. The van der Waals surface area contributed by atoms with Gasteiger partial charge in [0.15, 0.2) is 11.6 Å². The van der Waals surface area contributed by atoms with E-state index in [0.717, 1.165) is 31.6 Å². The fourth-order valence-electron chi connectivity index (χ4n) is 2.44. The van der Waals surface area contributed by atoms with Gasteiger partial charge in [-0.05, 0) is 30.7 Å². The van der Waals surface area contributed by atoms with Crippen molar-refractivity contribution in [3.63, 3.8) is 0 Å². The van der Waals surface area contributed by atoms with Crippen molar-refractivity contribution in [1.82, 2.24) is 9.80 Å². The predicted octanol–water partition coefficient (Wildman–Crippen LogP) is 1.12. The molecule has 1 saturated heterocycles. The van der Waals surface area contributed by atoms with Gasteiger partial charge in [0, 0.05) is 26.2 Å². The van der Waals surface area contributed by atoms with Crippen LogP contribution in [0.5, 0.6) is 5.75 Å². The number of carboxylic acids is 1. The quantitative estimate of drug-likeness (QED) is 0.866. The molecule has 5 nitrogen and oxygen atoms in total. The van der Waals surface area contributed by atoms with Gasteiger partial charge in [-0.25, -0.2) is 4.39 Å². The normalized spacial score (nSPS) is 17.9. The Balaban J connectivity index is 1.90. The first-order chi connectivity index (χ1) is 9.54. The molecule has 1 aromatic carbocycles. The molecule has 110 valence electrons. The first-order valence-corrected chi connectivity index (χ1v) is 6.68. The molecular formula is C14H19FN2O3. The number of carboxylic acid groups (broad SMARTS) is 1. The van der Waals surface area contributed by atoms with Gasteiger partial charge in [0.1, 0.15) is 0 Å². The number of carbonyl (C=O) groups is 1. The summed E-state index contributed by atoms with van der Waals surface area (Å²) in [6.45, 7) is 3.77. The summed E-state index contributed by atoms with van der Waals surface area (Å²) in [4.78, 5) is 14.8. The van der Waals surface area contributed by atoms with Crippen LogP contribution in [-0.4, -0.2) is 58.7 Å². The van der Waals surface area contributed by atoms with Gasteiger partial charge < -0.3 is 10.2 Å². The molecule has 0 unspecified atom stereocenters. The Morgan fingerprint density at radius 1 is 1.20 bits per heavy atom. The summed E-state index contributed by atoms with van der Waals surface area (Å²) < 4.78 is 13.3. The van der Waals surface area contributed by atoms with Crippen LogP contribution < -0.4 is 0 Å². The SMILES string of the molecule is O=C(O)CN1CCCN(Cc2ccc(O)c(F)c2)CC1. The third kappa shape index (κ3) is 4.18. The molecular weight excluding hydrogens is 263 g/mol. The fourth-order valence-corrected chi connectivity index (χ4v) is 2.44. The highest BCUT2D eigenvalue weighted by molar-refractivity contribution is 5.69. The van der Waals surface area contributed by atoms with Crippen LogP contribution in [0.1, 0.15) is 12.0 Å². The number of rotatable bonds is 4. The van der Waals surface area contributed by atoms with Crippen molar-refractivity contribution in [2.45, 2.75) is 13.0 Å². The minimum Gasteiger partial charge on any atom is -0.505 e. The van der Waals surface area contributed by atoms with Gasteiger partial charge in [-0.2, -0.15) is 0 Å². The topological polar surface area (TPSA) is 64.0 Å². The Morgan fingerprint density at radius 3 is 2.60 bits per heavy atom. The maximum absolute atomic E-state index is 13.3. The molecule has 0 atom stereocenters. The van der Waals surface area contributed by atoms with E-state index in [4.69, 9.17) is 10.2 Å². The summed E-state index contributed by atoms with van der Waals surface area (Å²) in [5, 5.41) is 18.0. The number of aromatic hydroxyl groups is 1. The molecule has 2 N–H and O–H groups in total. The predicted molar refractivity (Wildman–Crippen MR) is 72.0 cm³/mol. The first-order valence-electron chi connectivity index (χ1n) is 6.68. The highest BCUT2D eigenvalue weighted by Gasteiger charge is 2.17. The number of nitrogens with zero attached hydrogens (tertiary/aromatic N) is 2. The zero-order chi connectivity index (χ0) is 14.5. The molecule has 0 aliphatic carbocycles. The Bertz CT molecular complexity index is 481. The lowest BCUT2D eigenvalue weighted by atomic mass is 10.2. The molecule has 0 bridgehead atoms. The van der Waals surface area contributed by atoms with E-state index in [1.54, 1.807) is 6.07 Å². The number of hydrogen-bond donors (Lipinski definition) is 2. The van der Waals surface area contributed by atoms with Crippen LogP contribution in [0.4, 0.5) is 4.39 Å². The molecule has 20 heavy (non-hydrogen) atoms. The number of hydrogen-bond acceptors (Lipinski definition) is 4. The van der Waals surface area contributed by atoms with Gasteiger partial charge >= 0.3 is 5.97 Å². The number of phenols is 1. The van der Waals surface area contributed by atoms with Crippen molar-refractivity contribution < 1.29 is 19.4 Å². The molecule has 1 aliphatic heterocycles. The molecule has 0 aromatic heterocycles. The van der Waals surface area contributed by atoms with Gasteiger partial charge in [0.25, 0.3) is 0 Å². The van der Waals surface area contributed by atoms with Crippen molar-refractivity contribution in [2.24, 2.45) is 0 Å². The summed E-state index contributed by atoms with van der Waals surface area (Å²) in [5.74, 6) is -1.75. The average molecular weight is 282 g/mol. The molecule has 1 aromatic rings. The fraction of sp³-hybridized carbons (Fsp3) is 0.500. The third-order valence-electron chi connectivity index (χ3n) is 3.46. The van der Waals surface area contributed by atoms with Crippen LogP contribution in [-0.2, 0) is 11.3 Å². The van der Waals surface area contributed by atoms with Gasteiger partial charge in [0.05, 0.1) is 6.54 Å². The zero-order valence-corrected chi connectivity index (χ0v) is 11.3. The van der Waals surface area contributed by atoms with Crippen molar-refractivity contribution in [3.05, 3.63) is 29.6 Å². The van der Waals surface area contributed by atoms with E-state index in [1.165, 1.54) is 12.1 Å². The molecule has 0 radical (unpaired) electrons. The molecule has 6 heteroatoms. The number of phenolic OH excluding ortho intramolecular Hbond substituents is 1. The summed E-state index contributed by atoms with van der Waals surface area (Å²) in [6, 6.07) is 4.41. The minimum absolute atomic E-state index is 0.0711. The van der Waals surface area contributed by atoms with Crippen LogP contribution in [0, 0.1) is 5.82 Å². The Labute approximate surface area is 117 Å². The highest BCUT2D eigenvalue weighted by atomic mass is 19.1. The second-order valence-electron chi connectivity index (χ2n) is 5.09. The first kappa shape index (κ1) is 14.7. The van der Waals surface area contributed by atoms with E-state index in [0.29, 0.717) is 13.1 Å². The second-order valence-corrected chi connectivity index (χ2v) is 5.09. The highest BCUT2D eigenvalue weighted by Crippen LogP contribution is 2.17. The lowest BCUT2D eigenvalue weighted by Crippen LogP contribution is -2.34. The Morgan fingerprint density at radius 2 is 1.90 bits per heavy atom. The van der Waals surface area contributed by atoms with Crippen LogP contribution in [0.3, 0.4) is 0 Å². The lowest BCUT2D eigenvalue weighted by molar-refractivity contribution is -0.138. The van der Waals surface area contributed by atoms with E-state index >= 15 is 0 Å². The van der Waals surface area contributed by atoms with Crippen LogP contribution in [0.15, 0.2) is 18.2 Å². The van der Waals surface area contributed by atoms with E-state index < -0.39 is 11.8 Å². The molecule has 1 heterocycles. The maximum atomic E-state index is 13.3. The van der Waals surface area contributed by atoms with Gasteiger partial charge in [-0.1, -0.05) is 6.07 Å². The van der Waals surface area contributed by atoms with Crippen molar-refractivity contribution in [3.8, 4) is 5.75 Å². The molecule has 0 amide bonds.